The van der Waals surface area contributed by atoms with Crippen LogP contribution in [0.1, 0.15) is 17.5 Å². The van der Waals surface area contributed by atoms with E-state index in [0.717, 1.165) is 5.56 Å². The highest BCUT2D eigenvalue weighted by Gasteiger charge is 2.58. The van der Waals surface area contributed by atoms with E-state index in [2.05, 4.69) is 10.6 Å². The van der Waals surface area contributed by atoms with Gasteiger partial charge in [-0.3, -0.25) is 14.4 Å². The number of carbonyl (C=O) groups is 3. The van der Waals surface area contributed by atoms with Crippen molar-refractivity contribution in [3.05, 3.63) is 71.5 Å². The van der Waals surface area contributed by atoms with E-state index in [1.54, 1.807) is 6.07 Å². The Kier molecular flexibility index (Phi) is 6.46. The molecule has 2 fully saturated rings. The van der Waals surface area contributed by atoms with Gasteiger partial charge in [-0.1, -0.05) is 42.5 Å². The minimum atomic E-state index is -3.51. The lowest BCUT2D eigenvalue weighted by Gasteiger charge is -2.41. The molecule has 2 N–H and O–H groups in total. The molecule has 0 aliphatic carbocycles. The van der Waals surface area contributed by atoms with Crippen LogP contribution in [0.2, 0.25) is 0 Å². The number of hydrogen-bond donors (Lipinski definition) is 2. The minimum absolute atomic E-state index is 0.0112. The first kappa shape index (κ1) is 22.9. The number of hydrogen-bond acceptors (Lipinski definition) is 5. The van der Waals surface area contributed by atoms with Crippen molar-refractivity contribution in [2.24, 2.45) is 0 Å². The number of benzene rings is 2. The number of rotatable bonds is 8. The van der Waals surface area contributed by atoms with Crippen LogP contribution in [0.5, 0.6) is 0 Å². The van der Waals surface area contributed by atoms with Crippen molar-refractivity contribution in [1.29, 1.82) is 0 Å². The van der Waals surface area contributed by atoms with Gasteiger partial charge in [0.2, 0.25) is 17.7 Å². The van der Waals surface area contributed by atoms with Gasteiger partial charge in [-0.15, -0.1) is 0 Å². The Morgan fingerprint density at radius 3 is 2.55 bits per heavy atom. The van der Waals surface area contributed by atoms with Crippen molar-refractivity contribution in [2.75, 3.05) is 12.3 Å². The Balaban J connectivity index is 1.45. The average Bonchev–Trinajstić information content (AvgIpc) is 3.07. The summed E-state index contributed by atoms with van der Waals surface area (Å²) in [6, 6.07) is 12.7. The van der Waals surface area contributed by atoms with Gasteiger partial charge in [0, 0.05) is 19.4 Å². The molecule has 8 nitrogen and oxygen atoms in total. The van der Waals surface area contributed by atoms with E-state index in [0.29, 0.717) is 12.0 Å². The summed E-state index contributed by atoms with van der Waals surface area (Å²) in [5, 5.41) is 4.07. The molecule has 0 saturated carbocycles. The van der Waals surface area contributed by atoms with Crippen LogP contribution in [0.3, 0.4) is 0 Å². The zero-order chi connectivity index (χ0) is 23.6. The van der Waals surface area contributed by atoms with Crippen molar-refractivity contribution in [3.63, 3.8) is 0 Å². The first-order valence-corrected chi connectivity index (χ1v) is 12.4. The molecule has 2 aliphatic heterocycles. The van der Waals surface area contributed by atoms with Gasteiger partial charge in [-0.05, 0) is 29.7 Å². The third-order valence-electron chi connectivity index (χ3n) is 5.89. The SMILES string of the molecule is O=C(CCc1ccccc1)N[C@@H](Cc1cccc(F)c1)C(=O)N[C@@H]1C(=O)N2CCS(=O)(=O)[C@@H]12. The molecule has 0 aromatic heterocycles. The largest absolute Gasteiger partial charge is 0.344 e. The summed E-state index contributed by atoms with van der Waals surface area (Å²) in [4.78, 5) is 39.1. The number of sulfone groups is 1. The lowest BCUT2D eigenvalue weighted by atomic mass is 10.0. The number of aryl methyl sites for hydroxylation is 1. The van der Waals surface area contributed by atoms with Crippen LogP contribution in [0.15, 0.2) is 54.6 Å². The molecule has 3 atom stereocenters. The van der Waals surface area contributed by atoms with E-state index in [9.17, 15) is 27.2 Å². The molecular formula is C23H24FN3O5S. The molecule has 2 aromatic rings. The number of carbonyl (C=O) groups excluding carboxylic acids is 3. The molecular weight excluding hydrogens is 449 g/mol. The molecule has 2 aliphatic rings. The number of β-lactam (4-membered cyclic amide) rings is 1. The Hall–Kier alpha value is -3.27. The normalized spacial score (nSPS) is 21.6. The third-order valence-corrected chi connectivity index (χ3v) is 7.90. The highest BCUT2D eigenvalue weighted by molar-refractivity contribution is 7.92. The topological polar surface area (TPSA) is 113 Å². The lowest BCUT2D eigenvalue weighted by Crippen LogP contribution is -2.71. The number of halogens is 1. The predicted octanol–water partition coefficient (Wildman–Crippen LogP) is 0.567. The molecule has 4 rings (SSSR count). The van der Waals surface area contributed by atoms with Gasteiger partial charge in [-0.2, -0.15) is 0 Å². The molecule has 3 amide bonds. The van der Waals surface area contributed by atoms with Crippen LogP contribution in [-0.2, 0) is 37.1 Å². The van der Waals surface area contributed by atoms with Gasteiger partial charge in [0.05, 0.1) is 5.75 Å². The van der Waals surface area contributed by atoms with Crippen LogP contribution in [0.25, 0.3) is 0 Å². The first-order valence-electron chi connectivity index (χ1n) is 10.6. The van der Waals surface area contributed by atoms with E-state index < -0.39 is 44.9 Å². The van der Waals surface area contributed by atoms with Gasteiger partial charge in [0.25, 0.3) is 0 Å². The fourth-order valence-electron chi connectivity index (χ4n) is 4.17. The van der Waals surface area contributed by atoms with E-state index in [1.165, 1.54) is 23.1 Å². The molecule has 0 bridgehead atoms. The van der Waals surface area contributed by atoms with Gasteiger partial charge >= 0.3 is 0 Å². The molecule has 174 valence electrons. The summed E-state index contributed by atoms with van der Waals surface area (Å²) in [6.45, 7) is 0.112. The summed E-state index contributed by atoms with van der Waals surface area (Å²) >= 11 is 0. The molecule has 2 aromatic carbocycles. The second-order valence-corrected chi connectivity index (χ2v) is 10.4. The summed E-state index contributed by atoms with van der Waals surface area (Å²) in [7, 11) is -3.51. The van der Waals surface area contributed by atoms with Crippen molar-refractivity contribution < 1.29 is 27.2 Å². The van der Waals surface area contributed by atoms with E-state index in [1.807, 2.05) is 30.3 Å². The lowest BCUT2D eigenvalue weighted by molar-refractivity contribution is -0.148. The zero-order valence-corrected chi connectivity index (χ0v) is 18.6. The molecule has 0 radical (unpaired) electrons. The van der Waals surface area contributed by atoms with Crippen LogP contribution in [0.4, 0.5) is 4.39 Å². The highest BCUT2D eigenvalue weighted by Crippen LogP contribution is 2.31. The van der Waals surface area contributed by atoms with Gasteiger partial charge < -0.3 is 15.5 Å². The molecule has 33 heavy (non-hydrogen) atoms. The number of amides is 3. The van der Waals surface area contributed by atoms with Crippen molar-refractivity contribution in [1.82, 2.24) is 15.5 Å². The van der Waals surface area contributed by atoms with E-state index in [4.69, 9.17) is 0 Å². The fourth-order valence-corrected chi connectivity index (χ4v) is 6.06. The molecule has 2 heterocycles. The number of nitrogens with zero attached hydrogens (tertiary/aromatic N) is 1. The van der Waals surface area contributed by atoms with Gasteiger partial charge in [0.1, 0.15) is 17.9 Å². The Bertz CT molecular complexity index is 1170. The first-order chi connectivity index (χ1) is 15.7. The Morgan fingerprint density at radius 1 is 1.09 bits per heavy atom. The third kappa shape index (κ3) is 5.05. The van der Waals surface area contributed by atoms with E-state index in [-0.39, 0.29) is 31.0 Å². The highest BCUT2D eigenvalue weighted by atomic mass is 32.2. The van der Waals surface area contributed by atoms with Crippen LogP contribution >= 0.6 is 0 Å². The molecule has 0 unspecified atom stereocenters. The van der Waals surface area contributed by atoms with Crippen LogP contribution in [0, 0.1) is 5.82 Å². The van der Waals surface area contributed by atoms with Crippen LogP contribution < -0.4 is 10.6 Å². The predicted molar refractivity (Wildman–Crippen MR) is 118 cm³/mol. The summed E-state index contributed by atoms with van der Waals surface area (Å²) < 4.78 is 38.0. The zero-order valence-electron chi connectivity index (χ0n) is 17.7. The van der Waals surface area contributed by atoms with Gasteiger partial charge in [-0.25, -0.2) is 12.8 Å². The van der Waals surface area contributed by atoms with Crippen molar-refractivity contribution in [3.8, 4) is 0 Å². The number of nitrogens with one attached hydrogen (secondary N) is 2. The van der Waals surface area contributed by atoms with Gasteiger partial charge in [0.15, 0.2) is 15.2 Å². The summed E-state index contributed by atoms with van der Waals surface area (Å²) in [5.41, 5.74) is 1.44. The fraction of sp³-hybridized carbons (Fsp3) is 0.348. The maximum absolute atomic E-state index is 13.6. The maximum atomic E-state index is 13.6. The maximum Gasteiger partial charge on any atom is 0.249 e. The molecule has 2 saturated heterocycles. The standard InChI is InChI=1S/C23H24FN3O5S/c24-17-8-4-7-16(13-17)14-18(25-19(28)10-9-15-5-2-1-3-6-15)21(29)26-20-22(30)27-11-12-33(31,32)23(20)27/h1-8,13,18,20,23H,9-12,14H2,(H,25,28)(H,26,29)/t18-,20+,23-/m0/s1. The Morgan fingerprint density at radius 2 is 1.82 bits per heavy atom. The van der Waals surface area contributed by atoms with Crippen molar-refractivity contribution >= 4 is 27.6 Å². The smallest absolute Gasteiger partial charge is 0.249 e. The van der Waals surface area contributed by atoms with Crippen LogP contribution in [-0.4, -0.2) is 60.8 Å². The van der Waals surface area contributed by atoms with E-state index >= 15 is 0 Å². The minimum Gasteiger partial charge on any atom is -0.344 e. The number of fused-ring (bicyclic) bond motifs is 1. The second kappa shape index (κ2) is 9.30. The summed E-state index contributed by atoms with van der Waals surface area (Å²) in [5.74, 6) is -2.16. The summed E-state index contributed by atoms with van der Waals surface area (Å²) in [6.07, 6.45) is 0.587. The van der Waals surface area contributed by atoms with Crippen molar-refractivity contribution in [2.45, 2.75) is 36.7 Å². The molecule has 0 spiro atoms. The average molecular weight is 474 g/mol. The Labute approximate surface area is 191 Å². The second-order valence-electron chi connectivity index (χ2n) is 8.22. The quantitative estimate of drug-likeness (QED) is 0.545. The molecule has 10 heteroatoms. The monoisotopic (exact) mass is 473 g/mol.